The minimum atomic E-state index is 0.704. The molecule has 0 aromatic rings. The summed E-state index contributed by atoms with van der Waals surface area (Å²) in [6.45, 7) is 2.26. The fraction of sp³-hybridized carbons (Fsp3) is 1.00. The Morgan fingerprint density at radius 3 is 2.62 bits per heavy atom. The maximum Gasteiger partial charge on any atom is 0.00884 e. The van der Waals surface area contributed by atoms with Gasteiger partial charge in [-0.3, -0.25) is 0 Å². The predicted molar refractivity (Wildman–Crippen MR) is 64.7 cm³/mol. The van der Waals surface area contributed by atoms with Gasteiger partial charge in [0, 0.05) is 5.33 Å². The molecule has 76 valence electrons. The van der Waals surface area contributed by atoms with Crippen LogP contribution in [0.4, 0.5) is 0 Å². The molecule has 2 aliphatic carbocycles. The Labute approximate surface area is 94.4 Å². The lowest BCUT2D eigenvalue weighted by Gasteiger charge is -2.28. The summed E-state index contributed by atoms with van der Waals surface area (Å²) < 4.78 is 0. The third kappa shape index (κ3) is 2.26. The van der Waals surface area contributed by atoms with Gasteiger partial charge in [0.15, 0.2) is 0 Å². The Morgan fingerprint density at radius 2 is 2.08 bits per heavy atom. The first kappa shape index (κ1) is 10.4. The lowest BCUT2D eigenvalue weighted by molar-refractivity contribution is 0.301. The van der Waals surface area contributed by atoms with Crippen LogP contribution < -0.4 is 0 Å². The monoisotopic (exact) mass is 262 g/mol. The third-order valence-corrected chi connectivity index (χ3v) is 5.81. The third-order valence-electron chi connectivity index (χ3n) is 3.72. The second-order valence-electron chi connectivity index (χ2n) is 4.74. The van der Waals surface area contributed by atoms with E-state index in [2.05, 4.69) is 34.6 Å². The van der Waals surface area contributed by atoms with E-state index in [1.54, 1.807) is 6.42 Å². The van der Waals surface area contributed by atoms with Gasteiger partial charge in [-0.15, -0.1) is 0 Å². The van der Waals surface area contributed by atoms with Crippen molar-refractivity contribution < 1.29 is 0 Å². The Balaban J connectivity index is 1.78. The van der Waals surface area contributed by atoms with E-state index in [4.69, 9.17) is 0 Å². The van der Waals surface area contributed by atoms with Crippen LogP contribution in [0.25, 0.3) is 0 Å². The summed E-state index contributed by atoms with van der Waals surface area (Å²) in [6.07, 6.45) is 6.04. The van der Waals surface area contributed by atoms with E-state index >= 15 is 0 Å². The molecule has 0 aromatic carbocycles. The fourth-order valence-electron chi connectivity index (χ4n) is 2.82. The Kier molecular flexibility index (Phi) is 3.30. The number of rotatable bonds is 5. The van der Waals surface area contributed by atoms with Crippen LogP contribution in [0, 0.1) is 17.3 Å². The van der Waals surface area contributed by atoms with Crippen LogP contribution in [0.5, 0.6) is 0 Å². The van der Waals surface area contributed by atoms with Crippen molar-refractivity contribution in [2.75, 3.05) is 16.8 Å². The molecule has 2 unspecified atom stereocenters. The molecule has 13 heavy (non-hydrogen) atoms. The van der Waals surface area contributed by atoms with Crippen molar-refractivity contribution in [3.63, 3.8) is 0 Å². The Hall–Kier alpha value is 0.830. The van der Waals surface area contributed by atoms with Gasteiger partial charge in [-0.05, 0) is 54.4 Å². The predicted octanol–water partition coefficient (Wildman–Crippen LogP) is 3.94. The number of hydrogen-bond acceptors (Lipinski definition) is 1. The lowest BCUT2D eigenvalue weighted by Crippen LogP contribution is -2.21. The number of halogens is 1. The van der Waals surface area contributed by atoms with Crippen molar-refractivity contribution in [3.05, 3.63) is 0 Å². The molecule has 0 nitrogen and oxygen atoms in total. The maximum absolute atomic E-state index is 3.72. The molecule has 0 aromatic heterocycles. The van der Waals surface area contributed by atoms with Crippen molar-refractivity contribution in [1.29, 1.82) is 0 Å². The Bertz CT molecular complexity index is 171. The van der Waals surface area contributed by atoms with Crippen molar-refractivity contribution in [1.82, 2.24) is 0 Å². The van der Waals surface area contributed by atoms with Gasteiger partial charge in [0.05, 0.1) is 0 Å². The maximum atomic E-state index is 3.72. The highest BCUT2D eigenvalue weighted by Crippen LogP contribution is 2.61. The van der Waals surface area contributed by atoms with E-state index in [1.807, 2.05) is 0 Å². The molecule has 2 fully saturated rings. The van der Waals surface area contributed by atoms with Crippen LogP contribution in [0.2, 0.25) is 0 Å². The molecule has 0 spiro atoms. The molecule has 0 radical (unpaired) electrons. The zero-order chi connectivity index (χ0) is 9.31. The number of thioether (sulfide) groups is 1. The Morgan fingerprint density at radius 1 is 1.38 bits per heavy atom. The summed E-state index contributed by atoms with van der Waals surface area (Å²) in [5.74, 6) is 4.92. The van der Waals surface area contributed by atoms with Crippen molar-refractivity contribution in [2.45, 2.75) is 32.6 Å². The average Bonchev–Trinajstić information content (AvgIpc) is 2.76. The van der Waals surface area contributed by atoms with Gasteiger partial charge in [-0.2, -0.15) is 11.8 Å². The van der Waals surface area contributed by atoms with Crippen LogP contribution in [-0.4, -0.2) is 16.8 Å². The molecule has 2 heteroatoms. The second kappa shape index (κ2) is 4.14. The van der Waals surface area contributed by atoms with Gasteiger partial charge in [-0.1, -0.05) is 22.9 Å². The van der Waals surface area contributed by atoms with E-state index in [-0.39, 0.29) is 0 Å². The van der Waals surface area contributed by atoms with Crippen LogP contribution >= 0.6 is 27.7 Å². The van der Waals surface area contributed by atoms with E-state index in [9.17, 15) is 0 Å². The molecule has 0 heterocycles. The van der Waals surface area contributed by atoms with Crippen LogP contribution in [0.1, 0.15) is 32.6 Å². The molecule has 0 N–H and O–H groups in total. The largest absolute Gasteiger partial charge is 0.162 e. The molecule has 0 saturated heterocycles. The molecule has 2 saturated carbocycles. The zero-order valence-electron chi connectivity index (χ0n) is 8.39. The van der Waals surface area contributed by atoms with Gasteiger partial charge in [-0.25, -0.2) is 0 Å². The first-order chi connectivity index (χ1) is 6.29. The zero-order valence-corrected chi connectivity index (χ0v) is 10.8. The first-order valence-corrected chi connectivity index (χ1v) is 7.71. The topological polar surface area (TPSA) is 0 Å². The molecule has 0 aliphatic heterocycles. The van der Waals surface area contributed by atoms with Gasteiger partial charge >= 0.3 is 0 Å². The van der Waals surface area contributed by atoms with Crippen LogP contribution in [0.15, 0.2) is 0 Å². The molecule has 0 amide bonds. The van der Waals surface area contributed by atoms with Crippen molar-refractivity contribution >= 4 is 27.7 Å². The molecular formula is C11H19BrS. The van der Waals surface area contributed by atoms with Gasteiger partial charge in [0.1, 0.15) is 0 Å². The van der Waals surface area contributed by atoms with E-state index in [0.29, 0.717) is 5.41 Å². The normalized spacial score (nSPS) is 42.0. The van der Waals surface area contributed by atoms with Crippen LogP contribution in [0.3, 0.4) is 0 Å². The van der Waals surface area contributed by atoms with E-state index < -0.39 is 0 Å². The smallest absolute Gasteiger partial charge is 0.00884 e. The average molecular weight is 263 g/mol. The highest BCUT2D eigenvalue weighted by molar-refractivity contribution is 9.09. The van der Waals surface area contributed by atoms with Gasteiger partial charge in [0.2, 0.25) is 0 Å². The molecule has 2 atom stereocenters. The minimum absolute atomic E-state index is 0.704. The minimum Gasteiger partial charge on any atom is -0.162 e. The summed E-state index contributed by atoms with van der Waals surface area (Å²) in [4.78, 5) is 0. The van der Waals surface area contributed by atoms with Crippen molar-refractivity contribution in [2.24, 2.45) is 17.3 Å². The van der Waals surface area contributed by atoms with Gasteiger partial charge in [0.25, 0.3) is 0 Å². The van der Waals surface area contributed by atoms with E-state index in [0.717, 1.165) is 11.8 Å². The number of alkyl halides is 1. The van der Waals surface area contributed by atoms with E-state index in [1.165, 1.54) is 36.1 Å². The molecule has 2 rings (SSSR count). The lowest BCUT2D eigenvalue weighted by atomic mass is 9.83. The van der Waals surface area contributed by atoms with Crippen LogP contribution in [-0.2, 0) is 0 Å². The summed E-state index contributed by atoms with van der Waals surface area (Å²) in [6, 6.07) is 0. The highest BCUT2D eigenvalue weighted by atomic mass is 79.9. The SMILES string of the molecule is CCSCCC1(CBr)CC2CC2C1. The number of fused-ring (bicyclic) bond motifs is 1. The number of hydrogen-bond donors (Lipinski definition) is 0. The second-order valence-corrected chi connectivity index (χ2v) is 6.70. The van der Waals surface area contributed by atoms with Crippen molar-refractivity contribution in [3.8, 4) is 0 Å². The summed E-state index contributed by atoms with van der Waals surface area (Å²) in [7, 11) is 0. The molecular weight excluding hydrogens is 244 g/mol. The summed E-state index contributed by atoms with van der Waals surface area (Å²) in [5.41, 5.74) is 0.704. The quantitative estimate of drug-likeness (QED) is 0.534. The summed E-state index contributed by atoms with van der Waals surface area (Å²) in [5, 5.41) is 1.25. The standard InChI is InChI=1S/C11H19BrS/c1-2-13-4-3-11(8-12)6-9-5-10(9)7-11/h9-10H,2-8H2,1H3. The molecule has 2 aliphatic rings. The fourth-order valence-corrected chi connectivity index (χ4v) is 4.42. The summed E-state index contributed by atoms with van der Waals surface area (Å²) >= 11 is 5.83. The van der Waals surface area contributed by atoms with Gasteiger partial charge < -0.3 is 0 Å². The molecule has 0 bridgehead atoms. The first-order valence-electron chi connectivity index (χ1n) is 5.43. The highest BCUT2D eigenvalue weighted by Gasteiger charge is 2.52.